The summed E-state index contributed by atoms with van der Waals surface area (Å²) in [5, 5.41) is 2.64. The Bertz CT molecular complexity index is 724. The van der Waals surface area contributed by atoms with Gasteiger partial charge in [-0.2, -0.15) is 0 Å². The summed E-state index contributed by atoms with van der Waals surface area (Å²) < 4.78 is 15.4. The fraction of sp³-hybridized carbons (Fsp3) is 0.200. The Kier molecular flexibility index (Phi) is 3.97. The third-order valence-corrected chi connectivity index (χ3v) is 3.91. The largest absolute Gasteiger partial charge is 0.454 e. The molecule has 1 aliphatic heterocycles. The van der Waals surface area contributed by atoms with Crippen molar-refractivity contribution in [3.05, 3.63) is 40.1 Å². The minimum absolute atomic E-state index is 0.171. The Morgan fingerprint density at radius 3 is 2.82 bits per heavy atom. The number of carbonyl (C=O) groups excluding carboxylic acids is 2. The first kappa shape index (κ1) is 14.4. The van der Waals surface area contributed by atoms with E-state index in [4.69, 9.17) is 14.2 Å². The fourth-order valence-electron chi connectivity index (χ4n) is 1.92. The van der Waals surface area contributed by atoms with Gasteiger partial charge in [-0.1, -0.05) is 0 Å². The van der Waals surface area contributed by atoms with Crippen LogP contribution in [0.2, 0.25) is 0 Å². The van der Waals surface area contributed by atoms with E-state index < -0.39 is 11.9 Å². The maximum absolute atomic E-state index is 11.8. The maximum Gasteiger partial charge on any atom is 0.348 e. The summed E-state index contributed by atoms with van der Waals surface area (Å²) in [7, 11) is 0. The number of anilines is 1. The van der Waals surface area contributed by atoms with Crippen LogP contribution in [0, 0.1) is 6.92 Å². The molecule has 22 heavy (non-hydrogen) atoms. The number of rotatable bonds is 4. The molecule has 7 heteroatoms. The van der Waals surface area contributed by atoms with E-state index in [1.54, 1.807) is 24.3 Å². The van der Waals surface area contributed by atoms with Crippen LogP contribution in [0.3, 0.4) is 0 Å². The summed E-state index contributed by atoms with van der Waals surface area (Å²) in [6, 6.07) is 8.56. The van der Waals surface area contributed by atoms with Gasteiger partial charge >= 0.3 is 5.97 Å². The highest BCUT2D eigenvalue weighted by molar-refractivity contribution is 7.13. The summed E-state index contributed by atoms with van der Waals surface area (Å²) in [6.07, 6.45) is 0. The molecule has 0 saturated carbocycles. The molecule has 0 atom stereocenters. The molecule has 1 N–H and O–H groups in total. The first-order chi connectivity index (χ1) is 10.6. The van der Waals surface area contributed by atoms with Crippen molar-refractivity contribution in [2.75, 3.05) is 18.7 Å². The van der Waals surface area contributed by atoms with Crippen molar-refractivity contribution in [1.82, 2.24) is 0 Å². The lowest BCUT2D eigenvalue weighted by Gasteiger charge is -2.06. The van der Waals surface area contributed by atoms with Crippen molar-refractivity contribution < 1.29 is 23.8 Å². The van der Waals surface area contributed by atoms with Gasteiger partial charge in [-0.25, -0.2) is 4.79 Å². The zero-order valence-corrected chi connectivity index (χ0v) is 12.6. The number of ether oxygens (including phenoxy) is 3. The van der Waals surface area contributed by atoms with Gasteiger partial charge in [-0.05, 0) is 31.2 Å². The zero-order chi connectivity index (χ0) is 15.5. The summed E-state index contributed by atoms with van der Waals surface area (Å²) >= 11 is 1.33. The van der Waals surface area contributed by atoms with Gasteiger partial charge in [0.2, 0.25) is 6.79 Å². The van der Waals surface area contributed by atoms with Crippen molar-refractivity contribution in [2.24, 2.45) is 0 Å². The second kappa shape index (κ2) is 6.07. The van der Waals surface area contributed by atoms with E-state index in [9.17, 15) is 9.59 Å². The molecular formula is C15H13NO5S. The van der Waals surface area contributed by atoms with E-state index in [-0.39, 0.29) is 13.4 Å². The number of aryl methyl sites for hydroxylation is 1. The van der Waals surface area contributed by atoms with Crippen LogP contribution in [0.15, 0.2) is 30.3 Å². The van der Waals surface area contributed by atoms with Crippen LogP contribution in [0.4, 0.5) is 5.69 Å². The highest BCUT2D eigenvalue weighted by atomic mass is 32.1. The van der Waals surface area contributed by atoms with Crippen LogP contribution in [-0.4, -0.2) is 25.3 Å². The lowest BCUT2D eigenvalue weighted by atomic mass is 10.3. The Labute approximate surface area is 130 Å². The summed E-state index contributed by atoms with van der Waals surface area (Å²) in [6.45, 7) is 1.72. The Balaban J connectivity index is 1.53. The van der Waals surface area contributed by atoms with Crippen LogP contribution in [0.5, 0.6) is 11.5 Å². The van der Waals surface area contributed by atoms with Gasteiger partial charge in [0, 0.05) is 16.6 Å². The van der Waals surface area contributed by atoms with Crippen molar-refractivity contribution in [3.8, 4) is 11.5 Å². The normalized spacial score (nSPS) is 12.0. The van der Waals surface area contributed by atoms with Crippen LogP contribution in [0.25, 0.3) is 0 Å². The standard InChI is InChI=1S/C15H13NO5S/c1-9-2-5-13(22-9)15(18)19-7-14(17)16-10-3-4-11-12(6-10)21-8-20-11/h2-6H,7-8H2,1H3,(H,16,17). The number of thiophene rings is 1. The van der Waals surface area contributed by atoms with Gasteiger partial charge < -0.3 is 19.5 Å². The van der Waals surface area contributed by atoms with E-state index in [0.717, 1.165) is 4.88 Å². The summed E-state index contributed by atoms with van der Waals surface area (Å²) in [4.78, 5) is 25.0. The second-order valence-electron chi connectivity index (χ2n) is 4.60. The Morgan fingerprint density at radius 1 is 1.23 bits per heavy atom. The van der Waals surface area contributed by atoms with Gasteiger partial charge in [-0.15, -0.1) is 11.3 Å². The minimum Gasteiger partial charge on any atom is -0.454 e. The quantitative estimate of drug-likeness (QED) is 0.877. The number of carbonyl (C=O) groups is 2. The fourth-order valence-corrected chi connectivity index (χ4v) is 2.68. The molecule has 3 rings (SSSR count). The molecular weight excluding hydrogens is 306 g/mol. The highest BCUT2D eigenvalue weighted by Crippen LogP contribution is 2.34. The van der Waals surface area contributed by atoms with Crippen molar-refractivity contribution in [1.29, 1.82) is 0 Å². The zero-order valence-electron chi connectivity index (χ0n) is 11.8. The van der Waals surface area contributed by atoms with Crippen molar-refractivity contribution in [2.45, 2.75) is 6.92 Å². The van der Waals surface area contributed by atoms with E-state index in [2.05, 4.69) is 5.32 Å². The van der Waals surface area contributed by atoms with Gasteiger partial charge in [0.25, 0.3) is 5.91 Å². The predicted octanol–water partition coefficient (Wildman–Crippen LogP) is 2.58. The summed E-state index contributed by atoms with van der Waals surface area (Å²) in [5.41, 5.74) is 0.553. The second-order valence-corrected chi connectivity index (χ2v) is 5.89. The van der Waals surface area contributed by atoms with Gasteiger partial charge in [0.05, 0.1) is 0 Å². The molecule has 2 aromatic rings. The lowest BCUT2D eigenvalue weighted by Crippen LogP contribution is -2.20. The molecule has 1 aromatic carbocycles. The van der Waals surface area contributed by atoms with Gasteiger partial charge in [0.1, 0.15) is 4.88 Å². The molecule has 0 spiro atoms. The number of nitrogens with one attached hydrogen (secondary N) is 1. The first-order valence-electron chi connectivity index (χ1n) is 6.55. The first-order valence-corrected chi connectivity index (χ1v) is 7.36. The molecule has 1 aromatic heterocycles. The number of fused-ring (bicyclic) bond motifs is 1. The molecule has 114 valence electrons. The number of hydrogen-bond donors (Lipinski definition) is 1. The van der Waals surface area contributed by atoms with Crippen molar-refractivity contribution >= 4 is 28.9 Å². The van der Waals surface area contributed by atoms with Gasteiger partial charge in [0.15, 0.2) is 18.1 Å². The Morgan fingerprint density at radius 2 is 2.05 bits per heavy atom. The van der Waals surface area contributed by atoms with E-state index in [0.29, 0.717) is 22.1 Å². The molecule has 0 aliphatic carbocycles. The molecule has 0 saturated heterocycles. The minimum atomic E-state index is -0.501. The molecule has 2 heterocycles. The van der Waals surface area contributed by atoms with Crippen LogP contribution >= 0.6 is 11.3 Å². The number of amides is 1. The smallest absolute Gasteiger partial charge is 0.348 e. The van der Waals surface area contributed by atoms with Crippen LogP contribution in [0.1, 0.15) is 14.5 Å². The number of benzene rings is 1. The third kappa shape index (κ3) is 3.20. The highest BCUT2D eigenvalue weighted by Gasteiger charge is 2.15. The van der Waals surface area contributed by atoms with E-state index in [1.807, 2.05) is 13.0 Å². The molecule has 0 radical (unpaired) electrons. The Hall–Kier alpha value is -2.54. The third-order valence-electron chi connectivity index (χ3n) is 2.93. The molecule has 1 amide bonds. The number of hydrogen-bond acceptors (Lipinski definition) is 6. The molecule has 0 fully saturated rings. The van der Waals surface area contributed by atoms with E-state index in [1.165, 1.54) is 11.3 Å². The molecule has 0 unspecified atom stereocenters. The maximum atomic E-state index is 11.8. The predicted molar refractivity (Wildman–Crippen MR) is 80.5 cm³/mol. The van der Waals surface area contributed by atoms with Crippen molar-refractivity contribution in [3.63, 3.8) is 0 Å². The van der Waals surface area contributed by atoms with Crippen LogP contribution < -0.4 is 14.8 Å². The average molecular weight is 319 g/mol. The molecule has 6 nitrogen and oxygen atoms in total. The average Bonchev–Trinajstić information content (AvgIpc) is 3.13. The molecule has 0 bridgehead atoms. The summed E-state index contributed by atoms with van der Waals surface area (Å²) in [5.74, 6) is 0.292. The number of esters is 1. The molecule has 1 aliphatic rings. The monoisotopic (exact) mass is 319 g/mol. The van der Waals surface area contributed by atoms with E-state index >= 15 is 0 Å². The SMILES string of the molecule is Cc1ccc(C(=O)OCC(=O)Nc2ccc3c(c2)OCO3)s1. The van der Waals surface area contributed by atoms with Gasteiger partial charge in [-0.3, -0.25) is 4.79 Å². The topological polar surface area (TPSA) is 73.9 Å². The van der Waals surface area contributed by atoms with Crippen LogP contribution in [-0.2, 0) is 9.53 Å². The lowest BCUT2D eigenvalue weighted by molar-refractivity contribution is -0.119.